The van der Waals surface area contributed by atoms with Gasteiger partial charge in [-0.2, -0.15) is 0 Å². The van der Waals surface area contributed by atoms with E-state index >= 15 is 0 Å². The van der Waals surface area contributed by atoms with Crippen molar-refractivity contribution in [3.05, 3.63) is 23.8 Å². The van der Waals surface area contributed by atoms with Crippen molar-refractivity contribution >= 4 is 16.5 Å². The predicted octanol–water partition coefficient (Wildman–Crippen LogP) is 2.50. The molecule has 0 spiro atoms. The van der Waals surface area contributed by atoms with Crippen molar-refractivity contribution in [2.75, 3.05) is 18.6 Å². The molecule has 0 aliphatic carbocycles. The molecule has 0 radical (unpaired) electrons. The first kappa shape index (κ1) is 14.2. The summed E-state index contributed by atoms with van der Waals surface area (Å²) in [5.74, 6) is 0.588. The standard InChI is InChI=1S/C13H21NO2S/c1-10-5-6-11(14)9-12(10)17(15)8-7-13(2,3)16-4/h5-6,9H,7-8,14H2,1-4H3. The van der Waals surface area contributed by atoms with Crippen LogP contribution in [0.15, 0.2) is 23.1 Å². The fourth-order valence-electron chi connectivity index (χ4n) is 1.41. The molecule has 3 nitrogen and oxygen atoms in total. The summed E-state index contributed by atoms with van der Waals surface area (Å²) in [7, 11) is 0.662. The number of ether oxygens (including phenoxy) is 1. The maximum atomic E-state index is 12.2. The summed E-state index contributed by atoms with van der Waals surface area (Å²) in [6.07, 6.45) is 0.754. The molecule has 0 saturated carbocycles. The van der Waals surface area contributed by atoms with Crippen molar-refractivity contribution in [1.82, 2.24) is 0 Å². The summed E-state index contributed by atoms with van der Waals surface area (Å²) in [4.78, 5) is 0.830. The maximum absolute atomic E-state index is 12.2. The lowest BCUT2D eigenvalue weighted by Crippen LogP contribution is -2.25. The molecule has 17 heavy (non-hydrogen) atoms. The van der Waals surface area contributed by atoms with E-state index in [2.05, 4.69) is 0 Å². The zero-order valence-electron chi connectivity index (χ0n) is 10.9. The quantitative estimate of drug-likeness (QED) is 0.822. The molecule has 2 N–H and O–H groups in total. The Morgan fingerprint density at radius 2 is 2.06 bits per heavy atom. The fraction of sp³-hybridized carbons (Fsp3) is 0.538. The Bertz CT molecular complexity index is 416. The highest BCUT2D eigenvalue weighted by Gasteiger charge is 2.18. The van der Waals surface area contributed by atoms with Gasteiger partial charge in [-0.25, -0.2) is 0 Å². The van der Waals surface area contributed by atoms with Crippen molar-refractivity contribution in [1.29, 1.82) is 0 Å². The molecule has 96 valence electrons. The molecule has 1 atom stereocenters. The molecule has 0 saturated heterocycles. The van der Waals surface area contributed by atoms with E-state index in [4.69, 9.17) is 10.5 Å². The first-order valence-electron chi connectivity index (χ1n) is 5.65. The molecule has 0 fully saturated rings. The van der Waals surface area contributed by atoms with Gasteiger partial charge < -0.3 is 10.5 Å². The lowest BCUT2D eigenvalue weighted by molar-refractivity contribution is 0.0205. The minimum atomic E-state index is -1.01. The summed E-state index contributed by atoms with van der Waals surface area (Å²) in [5.41, 5.74) is 7.16. The first-order chi connectivity index (χ1) is 7.85. The van der Waals surface area contributed by atoms with Crippen LogP contribution in [0.25, 0.3) is 0 Å². The minimum absolute atomic E-state index is 0.232. The maximum Gasteiger partial charge on any atom is 0.0631 e. The highest BCUT2D eigenvalue weighted by molar-refractivity contribution is 7.85. The number of rotatable bonds is 5. The second-order valence-electron chi connectivity index (χ2n) is 4.79. The molecule has 0 aliphatic rings. The molecular formula is C13H21NO2S. The van der Waals surface area contributed by atoms with Crippen LogP contribution in [0.3, 0.4) is 0 Å². The Kier molecular flexibility index (Phi) is 4.71. The molecule has 0 heterocycles. The van der Waals surface area contributed by atoms with Crippen LogP contribution < -0.4 is 5.73 Å². The van der Waals surface area contributed by atoms with E-state index in [0.717, 1.165) is 16.9 Å². The Hall–Kier alpha value is -0.870. The highest BCUT2D eigenvalue weighted by Crippen LogP contribution is 2.20. The number of anilines is 1. The number of nitrogen functional groups attached to an aromatic ring is 1. The van der Waals surface area contributed by atoms with Crippen LogP contribution in [0, 0.1) is 6.92 Å². The van der Waals surface area contributed by atoms with Gasteiger partial charge in [-0.1, -0.05) is 6.07 Å². The summed E-state index contributed by atoms with van der Waals surface area (Å²) >= 11 is 0. The van der Waals surface area contributed by atoms with Gasteiger partial charge in [-0.15, -0.1) is 0 Å². The molecule has 1 aromatic rings. The number of benzene rings is 1. The molecule has 0 aliphatic heterocycles. The van der Waals surface area contributed by atoms with Crippen molar-refractivity contribution in [3.8, 4) is 0 Å². The number of aryl methyl sites for hydroxylation is 1. The normalized spacial score (nSPS) is 13.6. The third kappa shape index (κ3) is 4.13. The van der Waals surface area contributed by atoms with Crippen LogP contribution in [0.4, 0.5) is 5.69 Å². The van der Waals surface area contributed by atoms with E-state index < -0.39 is 10.8 Å². The van der Waals surface area contributed by atoms with Crippen molar-refractivity contribution in [2.45, 2.75) is 37.7 Å². The van der Waals surface area contributed by atoms with E-state index in [9.17, 15) is 4.21 Å². The predicted molar refractivity (Wildman–Crippen MR) is 72.6 cm³/mol. The van der Waals surface area contributed by atoms with Crippen LogP contribution >= 0.6 is 0 Å². The average molecular weight is 255 g/mol. The topological polar surface area (TPSA) is 52.3 Å². The number of methoxy groups -OCH3 is 1. The van der Waals surface area contributed by atoms with Crippen LogP contribution in [0.5, 0.6) is 0 Å². The van der Waals surface area contributed by atoms with Gasteiger partial charge in [0.25, 0.3) is 0 Å². The van der Waals surface area contributed by atoms with E-state index in [1.807, 2.05) is 32.9 Å². The Labute approximate surface area is 106 Å². The summed E-state index contributed by atoms with van der Waals surface area (Å²) in [6.45, 7) is 5.95. The zero-order chi connectivity index (χ0) is 13.1. The van der Waals surface area contributed by atoms with Crippen LogP contribution in [-0.4, -0.2) is 22.7 Å². The summed E-state index contributed by atoms with van der Waals surface area (Å²) < 4.78 is 17.5. The van der Waals surface area contributed by atoms with Crippen LogP contribution in [0.1, 0.15) is 25.8 Å². The van der Waals surface area contributed by atoms with Gasteiger partial charge in [0.2, 0.25) is 0 Å². The number of nitrogens with two attached hydrogens (primary N) is 1. The second-order valence-corrected chi connectivity index (χ2v) is 6.33. The Morgan fingerprint density at radius 1 is 1.41 bits per heavy atom. The molecule has 0 aromatic heterocycles. The third-order valence-electron chi connectivity index (χ3n) is 2.90. The molecular weight excluding hydrogens is 234 g/mol. The first-order valence-corrected chi connectivity index (χ1v) is 6.97. The molecule has 0 amide bonds. The van der Waals surface area contributed by atoms with Gasteiger partial charge in [-0.05, 0) is 44.9 Å². The average Bonchev–Trinajstić information content (AvgIpc) is 2.29. The largest absolute Gasteiger partial charge is 0.399 e. The third-order valence-corrected chi connectivity index (χ3v) is 4.40. The SMILES string of the molecule is COC(C)(C)CCS(=O)c1cc(N)ccc1C. The van der Waals surface area contributed by atoms with E-state index in [1.165, 1.54) is 0 Å². The molecule has 1 rings (SSSR count). The van der Waals surface area contributed by atoms with Crippen molar-refractivity contribution < 1.29 is 8.95 Å². The van der Waals surface area contributed by atoms with E-state index in [-0.39, 0.29) is 5.60 Å². The van der Waals surface area contributed by atoms with Gasteiger partial charge in [0, 0.05) is 23.4 Å². The molecule has 1 unspecified atom stereocenters. The zero-order valence-corrected chi connectivity index (χ0v) is 11.8. The van der Waals surface area contributed by atoms with Gasteiger partial charge >= 0.3 is 0 Å². The lowest BCUT2D eigenvalue weighted by atomic mass is 10.1. The Balaban J connectivity index is 2.74. The van der Waals surface area contributed by atoms with Crippen molar-refractivity contribution in [2.24, 2.45) is 0 Å². The molecule has 0 bridgehead atoms. The van der Waals surface area contributed by atoms with E-state index in [0.29, 0.717) is 11.4 Å². The molecule has 4 heteroatoms. The van der Waals surface area contributed by atoms with Gasteiger partial charge in [0.15, 0.2) is 0 Å². The minimum Gasteiger partial charge on any atom is -0.399 e. The highest BCUT2D eigenvalue weighted by atomic mass is 32.2. The second kappa shape index (κ2) is 5.65. The van der Waals surface area contributed by atoms with Gasteiger partial charge in [-0.3, -0.25) is 4.21 Å². The summed E-state index contributed by atoms with van der Waals surface area (Å²) in [5, 5.41) is 0. The van der Waals surface area contributed by atoms with E-state index in [1.54, 1.807) is 13.2 Å². The summed E-state index contributed by atoms with van der Waals surface area (Å²) in [6, 6.07) is 5.53. The van der Waals surface area contributed by atoms with Crippen LogP contribution in [0.2, 0.25) is 0 Å². The monoisotopic (exact) mass is 255 g/mol. The van der Waals surface area contributed by atoms with Crippen LogP contribution in [-0.2, 0) is 15.5 Å². The number of hydrogen-bond acceptors (Lipinski definition) is 3. The fourth-order valence-corrected chi connectivity index (χ4v) is 3.00. The van der Waals surface area contributed by atoms with Gasteiger partial charge in [0.05, 0.1) is 16.4 Å². The molecule has 1 aromatic carbocycles. The number of hydrogen-bond donors (Lipinski definition) is 1. The lowest BCUT2D eigenvalue weighted by Gasteiger charge is -2.22. The Morgan fingerprint density at radius 3 is 2.65 bits per heavy atom. The van der Waals surface area contributed by atoms with Gasteiger partial charge in [0.1, 0.15) is 0 Å². The smallest absolute Gasteiger partial charge is 0.0631 e. The van der Waals surface area contributed by atoms with Crippen molar-refractivity contribution in [3.63, 3.8) is 0 Å².